The Morgan fingerprint density at radius 1 is 1.21 bits per heavy atom. The number of likely N-dealkylation sites (tertiary alicyclic amines) is 1. The van der Waals surface area contributed by atoms with Crippen molar-refractivity contribution < 1.29 is 32.6 Å². The largest absolute Gasteiger partial charge is 0.450 e. The number of hydrogen-bond acceptors (Lipinski definition) is 5. The number of nitrogens with zero attached hydrogens (tertiary/aromatic N) is 2. The molecule has 2 N–H and O–H groups in total. The fourth-order valence-electron chi connectivity index (χ4n) is 5.68. The molecule has 1 saturated carbocycles. The molecule has 34 heavy (non-hydrogen) atoms. The summed E-state index contributed by atoms with van der Waals surface area (Å²) in [7, 11) is 0. The molecule has 1 aromatic rings. The van der Waals surface area contributed by atoms with Crippen LogP contribution in [0.4, 0.5) is 29.3 Å². The molecule has 1 aliphatic carbocycles. The van der Waals surface area contributed by atoms with Gasteiger partial charge in [0.15, 0.2) is 0 Å². The molecule has 7 nitrogen and oxygen atoms in total. The minimum absolute atomic E-state index is 0.00357. The van der Waals surface area contributed by atoms with Gasteiger partial charge >= 0.3 is 12.3 Å². The number of anilines is 2. The molecular weight excluding hydrogens is 451 g/mol. The zero-order valence-electron chi connectivity index (χ0n) is 19.4. The third-order valence-electron chi connectivity index (χ3n) is 7.39. The standard InChI is InChI=1S/C24H32F3N3O4/c1-2-34-22(33)28-16-4-9-20(19(14-16)24(25,26)27)29-12-3-10-23(15-29)11-13-30(21(23)32)17-5-7-18(31)8-6-17/h4,9,14,17-18,31H,2-3,5-8,10-13,15H2,1H3,(H,28,33)/t17-,18-,23-/m0/s1. The highest BCUT2D eigenvalue weighted by molar-refractivity contribution is 5.87. The van der Waals surface area contributed by atoms with E-state index in [2.05, 4.69) is 5.32 Å². The van der Waals surface area contributed by atoms with E-state index in [4.69, 9.17) is 4.74 Å². The monoisotopic (exact) mass is 483 g/mol. The summed E-state index contributed by atoms with van der Waals surface area (Å²) in [6, 6.07) is 3.82. The lowest BCUT2D eigenvalue weighted by Gasteiger charge is -2.42. The SMILES string of the molecule is CCOC(=O)Nc1ccc(N2CCC[C@]3(CCN([C@H]4CC[C@H](O)CC4)C3=O)C2)c(C(F)(F)F)c1. The Hall–Kier alpha value is -2.49. The summed E-state index contributed by atoms with van der Waals surface area (Å²) in [5.41, 5.74) is -1.50. The summed E-state index contributed by atoms with van der Waals surface area (Å²) in [6.45, 7) is 3.00. The maximum Gasteiger partial charge on any atom is 0.418 e. The van der Waals surface area contributed by atoms with E-state index in [1.165, 1.54) is 12.1 Å². The topological polar surface area (TPSA) is 82.1 Å². The average molecular weight is 484 g/mol. The van der Waals surface area contributed by atoms with Crippen LogP contribution in [0.15, 0.2) is 18.2 Å². The summed E-state index contributed by atoms with van der Waals surface area (Å²) >= 11 is 0. The van der Waals surface area contributed by atoms with Gasteiger partial charge in [-0.15, -0.1) is 0 Å². The van der Waals surface area contributed by atoms with Crippen molar-refractivity contribution in [3.63, 3.8) is 0 Å². The van der Waals surface area contributed by atoms with Crippen LogP contribution in [-0.2, 0) is 15.7 Å². The fourth-order valence-corrected chi connectivity index (χ4v) is 5.68. The third-order valence-corrected chi connectivity index (χ3v) is 7.39. The summed E-state index contributed by atoms with van der Waals surface area (Å²) in [6.07, 6.45) is -0.946. The van der Waals surface area contributed by atoms with Crippen molar-refractivity contribution in [3.05, 3.63) is 23.8 Å². The van der Waals surface area contributed by atoms with Gasteiger partial charge < -0.3 is 19.6 Å². The van der Waals surface area contributed by atoms with Crippen LogP contribution in [0.2, 0.25) is 0 Å². The van der Waals surface area contributed by atoms with Crippen molar-refractivity contribution in [2.24, 2.45) is 5.41 Å². The van der Waals surface area contributed by atoms with E-state index in [-0.39, 0.29) is 42.6 Å². The average Bonchev–Trinajstić information content (AvgIpc) is 3.09. The molecular formula is C24H32F3N3O4. The number of aliphatic hydroxyl groups excluding tert-OH is 1. The summed E-state index contributed by atoms with van der Waals surface area (Å²) in [5, 5.41) is 12.1. The molecule has 4 rings (SSSR count). The van der Waals surface area contributed by atoms with Gasteiger partial charge in [-0.05, 0) is 70.1 Å². The number of hydrogen-bond donors (Lipinski definition) is 2. The Morgan fingerprint density at radius 2 is 1.94 bits per heavy atom. The molecule has 0 radical (unpaired) electrons. The van der Waals surface area contributed by atoms with Crippen LogP contribution < -0.4 is 10.2 Å². The maximum atomic E-state index is 14.0. The van der Waals surface area contributed by atoms with Crippen molar-refractivity contribution in [2.75, 3.05) is 36.5 Å². The van der Waals surface area contributed by atoms with Crippen LogP contribution in [0.5, 0.6) is 0 Å². The van der Waals surface area contributed by atoms with Crippen LogP contribution in [-0.4, -0.2) is 60.4 Å². The lowest BCUT2D eigenvalue weighted by Crippen LogP contribution is -2.50. The molecule has 2 amide bonds. The number of benzene rings is 1. The van der Waals surface area contributed by atoms with E-state index < -0.39 is 23.2 Å². The zero-order chi connectivity index (χ0) is 24.5. The lowest BCUT2D eigenvalue weighted by atomic mass is 9.78. The van der Waals surface area contributed by atoms with Gasteiger partial charge in [-0.1, -0.05) is 0 Å². The molecule has 0 aromatic heterocycles. The number of aliphatic hydroxyl groups is 1. The van der Waals surface area contributed by atoms with Gasteiger partial charge in [-0.2, -0.15) is 13.2 Å². The minimum Gasteiger partial charge on any atom is -0.450 e. The van der Waals surface area contributed by atoms with Gasteiger partial charge in [-0.25, -0.2) is 4.79 Å². The van der Waals surface area contributed by atoms with Gasteiger partial charge in [0.05, 0.1) is 23.7 Å². The smallest absolute Gasteiger partial charge is 0.418 e. The second-order valence-corrected chi connectivity index (χ2v) is 9.59. The van der Waals surface area contributed by atoms with Crippen LogP contribution in [0, 0.1) is 5.41 Å². The molecule has 1 atom stereocenters. The molecule has 10 heteroatoms. The van der Waals surface area contributed by atoms with Crippen LogP contribution in [0.25, 0.3) is 0 Å². The highest BCUT2D eigenvalue weighted by atomic mass is 19.4. The van der Waals surface area contributed by atoms with E-state index in [9.17, 15) is 27.9 Å². The second kappa shape index (κ2) is 9.64. The van der Waals surface area contributed by atoms with Gasteiger partial charge in [0.2, 0.25) is 5.91 Å². The Morgan fingerprint density at radius 3 is 2.62 bits per heavy atom. The predicted molar refractivity (Wildman–Crippen MR) is 121 cm³/mol. The number of nitrogens with one attached hydrogen (secondary N) is 1. The van der Waals surface area contributed by atoms with E-state index in [0.717, 1.165) is 18.9 Å². The molecule has 2 saturated heterocycles. The van der Waals surface area contributed by atoms with Crippen molar-refractivity contribution in [1.82, 2.24) is 4.90 Å². The third kappa shape index (κ3) is 4.96. The minimum atomic E-state index is -4.62. The Bertz CT molecular complexity index is 917. The van der Waals surface area contributed by atoms with Crippen LogP contribution >= 0.6 is 0 Å². The lowest BCUT2D eigenvalue weighted by molar-refractivity contribution is -0.139. The Balaban J connectivity index is 1.54. The molecule has 1 spiro atoms. The van der Waals surface area contributed by atoms with E-state index in [1.807, 2.05) is 4.90 Å². The Kier molecular flexibility index (Phi) is 6.98. The summed E-state index contributed by atoms with van der Waals surface area (Å²) in [5.74, 6) is 0.0350. The Labute approximate surface area is 197 Å². The molecule has 2 aliphatic heterocycles. The van der Waals surface area contributed by atoms with Gasteiger partial charge in [0.1, 0.15) is 0 Å². The quantitative estimate of drug-likeness (QED) is 0.664. The molecule has 0 bridgehead atoms. The molecule has 0 unspecified atom stereocenters. The van der Waals surface area contributed by atoms with Crippen molar-refractivity contribution in [2.45, 2.75) is 70.2 Å². The predicted octanol–water partition coefficient (Wildman–Crippen LogP) is 4.40. The van der Waals surface area contributed by atoms with Crippen molar-refractivity contribution in [3.8, 4) is 0 Å². The maximum absolute atomic E-state index is 14.0. The molecule has 3 fully saturated rings. The molecule has 3 aliphatic rings. The first-order chi connectivity index (χ1) is 16.1. The number of carbonyl (C=O) groups excluding carboxylic acids is 2. The number of ether oxygens (including phenoxy) is 1. The van der Waals surface area contributed by atoms with Crippen LogP contribution in [0.1, 0.15) is 57.4 Å². The number of piperidine rings is 1. The normalized spacial score (nSPS) is 27.9. The molecule has 1 aromatic carbocycles. The molecule has 2 heterocycles. The first-order valence-electron chi connectivity index (χ1n) is 12.0. The van der Waals surface area contributed by atoms with E-state index >= 15 is 0 Å². The number of halogens is 3. The van der Waals surface area contributed by atoms with Gasteiger partial charge in [0, 0.05) is 37.1 Å². The van der Waals surface area contributed by atoms with E-state index in [0.29, 0.717) is 45.2 Å². The summed E-state index contributed by atoms with van der Waals surface area (Å²) < 4.78 is 46.7. The highest BCUT2D eigenvalue weighted by Crippen LogP contribution is 2.46. The van der Waals surface area contributed by atoms with Crippen LogP contribution in [0.3, 0.4) is 0 Å². The highest BCUT2D eigenvalue weighted by Gasteiger charge is 2.51. The van der Waals surface area contributed by atoms with Gasteiger partial charge in [0.25, 0.3) is 0 Å². The number of rotatable bonds is 4. The van der Waals surface area contributed by atoms with Crippen molar-refractivity contribution in [1.29, 1.82) is 0 Å². The van der Waals surface area contributed by atoms with Gasteiger partial charge in [-0.3, -0.25) is 10.1 Å². The zero-order valence-corrected chi connectivity index (χ0v) is 19.4. The fraction of sp³-hybridized carbons (Fsp3) is 0.667. The van der Waals surface area contributed by atoms with E-state index in [1.54, 1.807) is 11.8 Å². The first-order valence-corrected chi connectivity index (χ1v) is 12.0. The van der Waals surface area contributed by atoms with Crippen molar-refractivity contribution >= 4 is 23.4 Å². The number of carbonyl (C=O) groups is 2. The second-order valence-electron chi connectivity index (χ2n) is 9.59. The first kappa shape index (κ1) is 24.6. The molecule has 188 valence electrons. The number of alkyl halides is 3. The summed E-state index contributed by atoms with van der Waals surface area (Å²) in [4.78, 5) is 28.8. The number of amides is 2.